The van der Waals surface area contributed by atoms with Crippen LogP contribution in [0.4, 0.5) is 0 Å². The third-order valence-electron chi connectivity index (χ3n) is 1.72. The van der Waals surface area contributed by atoms with E-state index in [0.29, 0.717) is 11.0 Å². The van der Waals surface area contributed by atoms with Crippen LogP contribution >= 0.6 is 15.9 Å². The number of rotatable bonds is 1. The SMILES string of the molecule is C=S(=O)(O)c1nc2ccc(Br)cc2[nH]1. The minimum Gasteiger partial charge on any atom is -0.329 e. The number of nitrogens with one attached hydrogen (secondary N) is 1. The molecule has 0 saturated heterocycles. The molecule has 6 heteroatoms. The van der Waals surface area contributed by atoms with Gasteiger partial charge in [-0.25, -0.2) is 9.19 Å². The fourth-order valence-electron chi connectivity index (χ4n) is 1.11. The second kappa shape index (κ2) is 3.08. The van der Waals surface area contributed by atoms with Crippen molar-refractivity contribution in [2.24, 2.45) is 0 Å². The van der Waals surface area contributed by atoms with Crippen molar-refractivity contribution in [1.29, 1.82) is 0 Å². The van der Waals surface area contributed by atoms with Gasteiger partial charge < -0.3 is 9.54 Å². The van der Waals surface area contributed by atoms with Gasteiger partial charge in [0, 0.05) is 4.47 Å². The number of imidazole rings is 1. The zero-order valence-corrected chi connectivity index (χ0v) is 9.43. The first kappa shape index (κ1) is 9.70. The quantitative estimate of drug-likeness (QED) is 0.781. The van der Waals surface area contributed by atoms with E-state index in [4.69, 9.17) is 0 Å². The van der Waals surface area contributed by atoms with Crippen LogP contribution in [0.1, 0.15) is 0 Å². The highest BCUT2D eigenvalue weighted by Crippen LogP contribution is 2.19. The Morgan fingerprint density at radius 1 is 1.57 bits per heavy atom. The van der Waals surface area contributed by atoms with Gasteiger partial charge in [-0.05, 0) is 24.1 Å². The van der Waals surface area contributed by atoms with Crippen LogP contribution in [0.15, 0.2) is 27.8 Å². The molecule has 0 aliphatic rings. The molecule has 1 unspecified atom stereocenters. The summed E-state index contributed by atoms with van der Waals surface area (Å²) in [7, 11) is -3.26. The topological polar surface area (TPSA) is 66.0 Å². The van der Waals surface area contributed by atoms with E-state index in [9.17, 15) is 8.76 Å². The molecule has 0 amide bonds. The first-order chi connectivity index (χ1) is 6.47. The van der Waals surface area contributed by atoms with E-state index in [1.54, 1.807) is 12.1 Å². The first-order valence-corrected chi connectivity index (χ1v) is 6.19. The Hall–Kier alpha value is -0.850. The molecule has 4 nitrogen and oxygen atoms in total. The Balaban J connectivity index is 2.75. The number of halogens is 1. The summed E-state index contributed by atoms with van der Waals surface area (Å²) in [6.45, 7) is 0. The standard InChI is InChI=1S/C8H7BrN2O2S/c1-14(12,13)8-10-6-3-2-5(9)4-7(6)11-8/h2-4H,1H2,(H,10,11)(H,12,13). The zero-order valence-electron chi connectivity index (χ0n) is 7.03. The molecule has 0 spiro atoms. The Morgan fingerprint density at radius 2 is 2.29 bits per heavy atom. The molecule has 2 rings (SSSR count). The second-order valence-corrected chi connectivity index (χ2v) is 5.43. The molecule has 0 bridgehead atoms. The van der Waals surface area contributed by atoms with Gasteiger partial charge in [0.25, 0.3) is 0 Å². The Bertz CT molecular complexity index is 588. The fourth-order valence-corrected chi connectivity index (χ4v) is 1.98. The van der Waals surface area contributed by atoms with Crippen molar-refractivity contribution in [3.63, 3.8) is 0 Å². The molecule has 1 heterocycles. The van der Waals surface area contributed by atoms with Crippen LogP contribution in [0.25, 0.3) is 11.0 Å². The largest absolute Gasteiger partial charge is 0.329 e. The highest BCUT2D eigenvalue weighted by atomic mass is 79.9. The monoisotopic (exact) mass is 274 g/mol. The molecule has 2 N–H and O–H groups in total. The van der Waals surface area contributed by atoms with E-state index in [1.807, 2.05) is 6.07 Å². The van der Waals surface area contributed by atoms with Crippen LogP contribution in [-0.4, -0.2) is 24.6 Å². The van der Waals surface area contributed by atoms with Gasteiger partial charge in [0.1, 0.15) is 9.80 Å². The summed E-state index contributed by atoms with van der Waals surface area (Å²) in [6, 6.07) is 5.36. The van der Waals surface area contributed by atoms with Gasteiger partial charge in [-0.15, -0.1) is 0 Å². The molecule has 0 aliphatic heterocycles. The molecule has 1 atom stereocenters. The molecule has 14 heavy (non-hydrogen) atoms. The highest BCUT2D eigenvalue weighted by Gasteiger charge is 2.09. The fraction of sp³-hybridized carbons (Fsp3) is 0. The van der Waals surface area contributed by atoms with Crippen LogP contribution in [0.3, 0.4) is 0 Å². The van der Waals surface area contributed by atoms with Gasteiger partial charge in [0.15, 0.2) is 0 Å². The molecule has 1 aromatic heterocycles. The summed E-state index contributed by atoms with van der Waals surface area (Å²) >= 11 is 3.29. The number of fused-ring (bicyclic) bond motifs is 1. The van der Waals surface area contributed by atoms with Gasteiger partial charge >= 0.3 is 0 Å². The number of hydrogen-bond donors (Lipinski definition) is 2. The normalized spacial score (nSPS) is 15.6. The van der Waals surface area contributed by atoms with Gasteiger partial charge in [0.05, 0.1) is 11.0 Å². The summed E-state index contributed by atoms with van der Waals surface area (Å²) < 4.78 is 21.2. The smallest absolute Gasteiger partial charge is 0.214 e. The minimum absolute atomic E-state index is 0.00519. The molecule has 1 aromatic carbocycles. The molecule has 0 radical (unpaired) electrons. The Labute approximate surface area is 89.3 Å². The number of benzene rings is 1. The third kappa shape index (κ3) is 1.68. The van der Waals surface area contributed by atoms with E-state index in [1.165, 1.54) is 0 Å². The summed E-state index contributed by atoms with van der Waals surface area (Å²) in [5, 5.41) is 0.00519. The van der Waals surface area contributed by atoms with Crippen LogP contribution in [0.5, 0.6) is 0 Å². The number of aromatic nitrogens is 2. The van der Waals surface area contributed by atoms with Crippen LogP contribution < -0.4 is 0 Å². The first-order valence-electron chi connectivity index (χ1n) is 3.72. The van der Waals surface area contributed by atoms with Crippen molar-refractivity contribution < 1.29 is 8.76 Å². The average Bonchev–Trinajstić information content (AvgIpc) is 2.45. The van der Waals surface area contributed by atoms with Gasteiger partial charge in [-0.1, -0.05) is 15.9 Å². The molecular formula is C8H7BrN2O2S. The predicted molar refractivity (Wildman–Crippen MR) is 60.0 cm³/mol. The molecule has 0 fully saturated rings. The van der Waals surface area contributed by atoms with E-state index in [2.05, 4.69) is 31.8 Å². The molecule has 2 aromatic rings. The number of nitrogens with zero attached hydrogens (tertiary/aromatic N) is 1. The summed E-state index contributed by atoms with van der Waals surface area (Å²) in [5.74, 6) is 3.14. The lowest BCUT2D eigenvalue weighted by atomic mass is 10.3. The lowest BCUT2D eigenvalue weighted by molar-refractivity contribution is 0.553. The zero-order chi connectivity index (χ0) is 10.3. The Kier molecular flexibility index (Phi) is 2.13. The molecule has 74 valence electrons. The molecular weight excluding hydrogens is 268 g/mol. The molecule has 0 aliphatic carbocycles. The van der Waals surface area contributed by atoms with Crippen molar-refractivity contribution in [2.45, 2.75) is 5.16 Å². The van der Waals surface area contributed by atoms with E-state index in [-0.39, 0.29) is 5.16 Å². The lowest BCUT2D eigenvalue weighted by Crippen LogP contribution is -1.99. The van der Waals surface area contributed by atoms with Gasteiger partial charge in [-0.2, -0.15) is 0 Å². The third-order valence-corrected chi connectivity index (χ3v) is 3.02. The maximum atomic E-state index is 11.2. The maximum absolute atomic E-state index is 11.2. The summed E-state index contributed by atoms with van der Waals surface area (Å²) in [6.07, 6.45) is 0. The number of aromatic amines is 1. The van der Waals surface area contributed by atoms with Crippen LogP contribution in [0, 0.1) is 0 Å². The van der Waals surface area contributed by atoms with Crippen molar-refractivity contribution in [2.75, 3.05) is 0 Å². The van der Waals surface area contributed by atoms with Crippen LogP contribution in [-0.2, 0) is 9.80 Å². The van der Waals surface area contributed by atoms with Crippen molar-refractivity contribution >= 4 is 42.6 Å². The Morgan fingerprint density at radius 3 is 2.93 bits per heavy atom. The van der Waals surface area contributed by atoms with Crippen molar-refractivity contribution in [3.05, 3.63) is 22.7 Å². The summed E-state index contributed by atoms with van der Waals surface area (Å²) in [5.41, 5.74) is 1.36. The number of H-pyrrole nitrogens is 1. The van der Waals surface area contributed by atoms with E-state index < -0.39 is 9.80 Å². The predicted octanol–water partition coefficient (Wildman–Crippen LogP) is 1.87. The van der Waals surface area contributed by atoms with Gasteiger partial charge in [0.2, 0.25) is 5.16 Å². The van der Waals surface area contributed by atoms with Gasteiger partial charge in [-0.3, -0.25) is 0 Å². The van der Waals surface area contributed by atoms with E-state index >= 15 is 0 Å². The van der Waals surface area contributed by atoms with Crippen LogP contribution in [0.2, 0.25) is 0 Å². The number of hydrogen-bond acceptors (Lipinski definition) is 2. The summed E-state index contributed by atoms with van der Waals surface area (Å²) in [4.78, 5) is 6.71. The maximum Gasteiger partial charge on any atom is 0.214 e. The average molecular weight is 275 g/mol. The lowest BCUT2D eigenvalue weighted by Gasteiger charge is -1.92. The minimum atomic E-state index is -3.26. The van der Waals surface area contributed by atoms with E-state index in [0.717, 1.165) is 4.47 Å². The second-order valence-electron chi connectivity index (χ2n) is 2.84. The van der Waals surface area contributed by atoms with Crippen molar-refractivity contribution in [3.8, 4) is 0 Å². The highest BCUT2D eigenvalue weighted by molar-refractivity contribution is 9.10. The van der Waals surface area contributed by atoms with Crippen molar-refractivity contribution in [1.82, 2.24) is 9.97 Å². The molecule has 0 saturated carbocycles.